The summed E-state index contributed by atoms with van der Waals surface area (Å²) in [6.45, 7) is 22.0. The lowest BCUT2D eigenvalue weighted by Gasteiger charge is -2.56. The van der Waals surface area contributed by atoms with Crippen molar-refractivity contribution in [3.8, 4) is 0 Å². The predicted molar refractivity (Wildman–Crippen MR) is 148 cm³/mol. The summed E-state index contributed by atoms with van der Waals surface area (Å²) in [6, 6.07) is 0. The molecule has 3 aliphatic rings. The van der Waals surface area contributed by atoms with E-state index < -0.39 is 29.3 Å². The first kappa shape index (κ1) is 29.9. The van der Waals surface area contributed by atoms with Crippen LogP contribution < -0.4 is 0 Å². The number of hydrogen-bond acceptors (Lipinski definition) is 5. The lowest BCUT2D eigenvalue weighted by molar-refractivity contribution is -0.137. The molecule has 0 aromatic rings. The Morgan fingerprint density at radius 1 is 1.18 bits per heavy atom. The molecule has 0 aromatic carbocycles. The Morgan fingerprint density at radius 3 is 2.32 bits per heavy atom. The Bertz CT molecular complexity index is 1100. The third-order valence-corrected chi connectivity index (χ3v) is 9.61. The van der Waals surface area contributed by atoms with Crippen LogP contribution in [-0.4, -0.2) is 33.9 Å². The minimum absolute atomic E-state index is 0.00480. The highest BCUT2D eigenvalue weighted by Crippen LogP contribution is 2.61. The summed E-state index contributed by atoms with van der Waals surface area (Å²) in [5.41, 5.74) is 0.861. The molecule has 1 fully saturated rings. The number of carboxylic acids is 1. The van der Waals surface area contributed by atoms with Crippen LogP contribution in [0, 0.1) is 34.5 Å². The second-order valence-electron chi connectivity index (χ2n) is 12.8. The molecule has 0 unspecified atom stereocenters. The molecule has 0 saturated heterocycles. The van der Waals surface area contributed by atoms with Gasteiger partial charge in [-0.2, -0.15) is 0 Å². The molecule has 0 amide bonds. The van der Waals surface area contributed by atoms with Crippen LogP contribution >= 0.6 is 0 Å². The first-order chi connectivity index (χ1) is 17.6. The molecule has 0 radical (unpaired) electrons. The maximum atomic E-state index is 14.5. The molecule has 2 aliphatic carbocycles. The number of ether oxygens (including phenoxy) is 1. The van der Waals surface area contributed by atoms with Crippen LogP contribution in [0.1, 0.15) is 93.4 Å². The van der Waals surface area contributed by atoms with Crippen molar-refractivity contribution in [2.75, 3.05) is 0 Å². The van der Waals surface area contributed by atoms with Gasteiger partial charge in [-0.05, 0) is 70.1 Å². The van der Waals surface area contributed by atoms with Gasteiger partial charge in [0, 0.05) is 11.5 Å². The highest BCUT2D eigenvalue weighted by Gasteiger charge is 2.59. The number of hydrogen-bond donors (Lipinski definition) is 2. The van der Waals surface area contributed by atoms with Crippen molar-refractivity contribution in [2.45, 2.75) is 99.5 Å². The average Bonchev–Trinajstić information content (AvgIpc) is 2.80. The van der Waals surface area contributed by atoms with Crippen LogP contribution in [0.5, 0.6) is 0 Å². The molecular weight excluding hydrogens is 480 g/mol. The van der Waals surface area contributed by atoms with Gasteiger partial charge in [-0.15, -0.1) is 6.58 Å². The van der Waals surface area contributed by atoms with E-state index in [1.54, 1.807) is 13.8 Å². The fourth-order valence-corrected chi connectivity index (χ4v) is 6.88. The van der Waals surface area contributed by atoms with E-state index in [1.807, 2.05) is 20.8 Å². The van der Waals surface area contributed by atoms with Crippen LogP contribution in [0.2, 0.25) is 0 Å². The zero-order valence-electron chi connectivity index (χ0n) is 24.3. The van der Waals surface area contributed by atoms with E-state index in [9.17, 15) is 24.6 Å². The normalized spacial score (nSPS) is 31.3. The van der Waals surface area contributed by atoms with Gasteiger partial charge in [0.05, 0.1) is 17.8 Å². The van der Waals surface area contributed by atoms with Crippen molar-refractivity contribution < 1.29 is 29.3 Å². The SMILES string of the molecule is C=C(C)CC[C@@]1(C[C@H]2C[C@@H](C(=C)C)C2(C)C)C(=O)C2=C(O[C@@H](C)[C@H](C)C2=O)C([C@@H](CCC)CC(=O)O)=C1O. The van der Waals surface area contributed by atoms with Crippen molar-refractivity contribution in [1.29, 1.82) is 0 Å². The van der Waals surface area contributed by atoms with Gasteiger partial charge in [-0.3, -0.25) is 14.4 Å². The van der Waals surface area contributed by atoms with Crippen LogP contribution in [0.25, 0.3) is 0 Å². The average molecular weight is 527 g/mol. The third-order valence-electron chi connectivity index (χ3n) is 9.61. The number of aliphatic carboxylic acids is 1. The number of aliphatic hydroxyl groups is 1. The Morgan fingerprint density at radius 2 is 1.82 bits per heavy atom. The minimum Gasteiger partial charge on any atom is -0.511 e. The molecule has 0 aromatic heterocycles. The van der Waals surface area contributed by atoms with Crippen LogP contribution in [-0.2, 0) is 19.1 Å². The fraction of sp³-hybridized carbons (Fsp3) is 0.656. The second-order valence-corrected chi connectivity index (χ2v) is 12.8. The molecule has 6 atom stereocenters. The number of aliphatic hydroxyl groups excluding tert-OH is 1. The molecule has 1 saturated carbocycles. The van der Waals surface area contributed by atoms with Gasteiger partial charge in [0.25, 0.3) is 0 Å². The van der Waals surface area contributed by atoms with E-state index in [4.69, 9.17) is 4.74 Å². The van der Waals surface area contributed by atoms with Crippen molar-refractivity contribution in [3.05, 3.63) is 47.0 Å². The van der Waals surface area contributed by atoms with Crippen molar-refractivity contribution in [2.24, 2.45) is 34.5 Å². The summed E-state index contributed by atoms with van der Waals surface area (Å²) in [7, 11) is 0. The molecule has 3 rings (SSSR count). The molecule has 0 spiro atoms. The van der Waals surface area contributed by atoms with Crippen LogP contribution in [0.15, 0.2) is 47.0 Å². The number of Topliss-reactive ketones (excluding diaryl/α,β-unsaturated/α-hetero) is 2. The molecule has 1 aliphatic heterocycles. The monoisotopic (exact) mass is 526 g/mol. The standard InChI is InChI=1S/C32H46O6/c1-10-11-21(14-24(33)34)25-28-26(27(35)19(6)20(7)38-28)30(37)32(29(25)36,13-12-17(2)3)16-22-15-23(18(4)5)31(22,8)9/h19-23,36H,2,4,10-16H2,1,3,5-9H3,(H,33,34)/t19-,20-,21-,22+,23-,32-/m0/s1. The van der Waals surface area contributed by atoms with E-state index in [0.717, 1.165) is 17.6 Å². The molecule has 2 N–H and O–H groups in total. The summed E-state index contributed by atoms with van der Waals surface area (Å²) < 4.78 is 6.19. The predicted octanol–water partition coefficient (Wildman–Crippen LogP) is 7.12. The minimum atomic E-state index is -1.33. The molecule has 38 heavy (non-hydrogen) atoms. The number of rotatable bonds is 11. The quantitative estimate of drug-likeness (QED) is 0.220. The molecule has 0 bridgehead atoms. The fourth-order valence-electron chi connectivity index (χ4n) is 6.88. The van der Waals surface area contributed by atoms with Crippen LogP contribution in [0.4, 0.5) is 0 Å². The second kappa shape index (κ2) is 10.9. The molecule has 1 heterocycles. The van der Waals surface area contributed by atoms with Gasteiger partial charge in [-0.25, -0.2) is 0 Å². The maximum absolute atomic E-state index is 14.5. The zero-order valence-corrected chi connectivity index (χ0v) is 24.3. The number of carbonyl (C=O) groups excluding carboxylic acids is 2. The van der Waals surface area contributed by atoms with Gasteiger partial charge in [0.2, 0.25) is 0 Å². The zero-order chi connectivity index (χ0) is 28.7. The van der Waals surface area contributed by atoms with Gasteiger partial charge in [0.1, 0.15) is 23.2 Å². The van der Waals surface area contributed by atoms with Gasteiger partial charge in [0.15, 0.2) is 11.6 Å². The molecule has 210 valence electrons. The number of carbonyl (C=O) groups is 3. The van der Waals surface area contributed by atoms with Gasteiger partial charge in [-0.1, -0.05) is 51.8 Å². The Hall–Kier alpha value is -2.63. The first-order valence-electron chi connectivity index (χ1n) is 14.1. The maximum Gasteiger partial charge on any atom is 0.303 e. The van der Waals surface area contributed by atoms with Crippen molar-refractivity contribution in [1.82, 2.24) is 0 Å². The lowest BCUT2D eigenvalue weighted by atomic mass is 9.48. The smallest absolute Gasteiger partial charge is 0.303 e. The Labute approximate surface area is 227 Å². The molecule has 6 heteroatoms. The van der Waals surface area contributed by atoms with E-state index in [0.29, 0.717) is 43.6 Å². The summed E-state index contributed by atoms with van der Waals surface area (Å²) in [5.74, 6) is -2.35. The number of ketones is 2. The van der Waals surface area contributed by atoms with Crippen molar-refractivity contribution in [3.63, 3.8) is 0 Å². The highest BCUT2D eigenvalue weighted by molar-refractivity contribution is 6.25. The van der Waals surface area contributed by atoms with E-state index in [1.165, 1.54) is 0 Å². The van der Waals surface area contributed by atoms with E-state index >= 15 is 0 Å². The molecular formula is C32H46O6. The largest absolute Gasteiger partial charge is 0.511 e. The van der Waals surface area contributed by atoms with Crippen LogP contribution in [0.3, 0.4) is 0 Å². The van der Waals surface area contributed by atoms with E-state index in [2.05, 4.69) is 27.0 Å². The Kier molecular flexibility index (Phi) is 8.55. The van der Waals surface area contributed by atoms with Gasteiger partial charge >= 0.3 is 5.97 Å². The van der Waals surface area contributed by atoms with E-state index in [-0.39, 0.29) is 46.4 Å². The molecule has 6 nitrogen and oxygen atoms in total. The summed E-state index contributed by atoms with van der Waals surface area (Å²) in [5, 5.41) is 21.9. The number of allylic oxidation sites excluding steroid dienone is 5. The first-order valence-corrected chi connectivity index (χ1v) is 14.1. The summed E-state index contributed by atoms with van der Waals surface area (Å²) >= 11 is 0. The van der Waals surface area contributed by atoms with Gasteiger partial charge < -0.3 is 14.9 Å². The summed E-state index contributed by atoms with van der Waals surface area (Å²) in [4.78, 5) is 40.1. The highest BCUT2D eigenvalue weighted by atomic mass is 16.5. The Balaban J connectivity index is 2.27. The lowest BCUT2D eigenvalue weighted by Crippen LogP contribution is -2.52. The van der Waals surface area contributed by atoms with Crippen molar-refractivity contribution >= 4 is 17.5 Å². The summed E-state index contributed by atoms with van der Waals surface area (Å²) in [6.07, 6.45) is 2.50. The topological polar surface area (TPSA) is 101 Å². The number of carboxylic acid groups (broad SMARTS) is 1. The third kappa shape index (κ3) is 5.03.